The highest BCUT2D eigenvalue weighted by Gasteiger charge is 2.13. The van der Waals surface area contributed by atoms with Gasteiger partial charge in [-0.15, -0.1) is 0 Å². The van der Waals surface area contributed by atoms with Gasteiger partial charge in [0.25, 0.3) is 0 Å². The third kappa shape index (κ3) is 11.9. The van der Waals surface area contributed by atoms with Crippen molar-refractivity contribution in [2.24, 2.45) is 5.14 Å². The minimum absolute atomic E-state index is 0.269. The Bertz CT molecular complexity index is 604. The van der Waals surface area contributed by atoms with Crippen LogP contribution in [0.4, 0.5) is 0 Å². The van der Waals surface area contributed by atoms with E-state index in [0.29, 0.717) is 4.83 Å². The fraction of sp³-hybridized carbons (Fsp3) is 0.727. The molecule has 156 valence electrons. The van der Waals surface area contributed by atoms with Crippen LogP contribution in [0, 0.1) is 0 Å². The van der Waals surface area contributed by atoms with Crippen molar-refractivity contribution in [3.8, 4) is 0 Å². The van der Waals surface area contributed by atoms with Gasteiger partial charge in [-0.1, -0.05) is 105 Å². The lowest BCUT2D eigenvalue weighted by atomic mass is 10.0. The molecule has 0 saturated carbocycles. The third-order valence-electron chi connectivity index (χ3n) is 5.11. The lowest BCUT2D eigenvalue weighted by Crippen LogP contribution is -2.14. The number of hydrogen-bond acceptors (Lipinski definition) is 2. The van der Waals surface area contributed by atoms with Crippen LogP contribution in [0.5, 0.6) is 0 Å². The molecule has 0 amide bonds. The van der Waals surface area contributed by atoms with Gasteiger partial charge in [0, 0.05) is 4.83 Å². The molecule has 0 aliphatic rings. The summed E-state index contributed by atoms with van der Waals surface area (Å²) in [4.78, 5) is 0.791. The van der Waals surface area contributed by atoms with Crippen LogP contribution in [-0.4, -0.2) is 13.2 Å². The van der Waals surface area contributed by atoms with Crippen molar-refractivity contribution in [2.45, 2.75) is 107 Å². The number of halogens is 1. The fourth-order valence-corrected chi connectivity index (χ4v) is 4.95. The first kappa shape index (κ1) is 24.6. The molecule has 0 saturated heterocycles. The van der Waals surface area contributed by atoms with Gasteiger partial charge < -0.3 is 0 Å². The summed E-state index contributed by atoms with van der Waals surface area (Å²) in [6, 6.07) is 7.06. The first-order chi connectivity index (χ1) is 12.9. The lowest BCUT2D eigenvalue weighted by Gasteiger charge is -2.11. The van der Waals surface area contributed by atoms with Crippen LogP contribution < -0.4 is 5.14 Å². The van der Waals surface area contributed by atoms with Crippen molar-refractivity contribution in [1.29, 1.82) is 0 Å². The van der Waals surface area contributed by atoms with Crippen molar-refractivity contribution in [3.63, 3.8) is 0 Å². The SMILES string of the molecule is CCCCCCCCCCCCC(Br)CCCc1ccccc1S(N)(=O)=O. The van der Waals surface area contributed by atoms with Crippen molar-refractivity contribution >= 4 is 26.0 Å². The Balaban J connectivity index is 2.08. The monoisotopic (exact) mass is 459 g/mol. The number of aryl methyl sites for hydroxylation is 1. The summed E-state index contributed by atoms with van der Waals surface area (Å²) >= 11 is 3.78. The van der Waals surface area contributed by atoms with Crippen LogP contribution in [0.25, 0.3) is 0 Å². The molecule has 0 aromatic heterocycles. The minimum Gasteiger partial charge on any atom is -0.225 e. The summed E-state index contributed by atoms with van der Waals surface area (Å²) in [5.74, 6) is 0. The highest BCUT2D eigenvalue weighted by molar-refractivity contribution is 9.09. The molecule has 1 aromatic carbocycles. The van der Waals surface area contributed by atoms with E-state index in [0.717, 1.165) is 24.8 Å². The molecule has 0 spiro atoms. The van der Waals surface area contributed by atoms with Gasteiger partial charge in [0.15, 0.2) is 0 Å². The quantitative estimate of drug-likeness (QED) is 0.220. The van der Waals surface area contributed by atoms with Gasteiger partial charge in [0.1, 0.15) is 0 Å². The number of hydrogen-bond donors (Lipinski definition) is 1. The van der Waals surface area contributed by atoms with Crippen molar-refractivity contribution in [2.75, 3.05) is 0 Å². The minimum atomic E-state index is -3.63. The molecule has 0 aliphatic carbocycles. The Morgan fingerprint density at radius 2 is 1.37 bits per heavy atom. The number of sulfonamides is 1. The van der Waals surface area contributed by atoms with Crippen LogP contribution >= 0.6 is 15.9 Å². The van der Waals surface area contributed by atoms with E-state index in [1.807, 2.05) is 12.1 Å². The van der Waals surface area contributed by atoms with Crippen molar-refractivity contribution in [1.82, 2.24) is 0 Å². The summed E-state index contributed by atoms with van der Waals surface area (Å²) < 4.78 is 23.3. The Morgan fingerprint density at radius 1 is 0.852 bits per heavy atom. The Morgan fingerprint density at radius 3 is 1.96 bits per heavy atom. The molecule has 27 heavy (non-hydrogen) atoms. The molecular formula is C22H38BrNO2S. The van der Waals surface area contributed by atoms with Crippen LogP contribution in [0.15, 0.2) is 29.2 Å². The zero-order chi connectivity index (χ0) is 20.0. The number of unbranched alkanes of at least 4 members (excludes halogenated alkanes) is 9. The van der Waals surface area contributed by atoms with Gasteiger partial charge in [0.05, 0.1) is 4.90 Å². The van der Waals surface area contributed by atoms with Crippen molar-refractivity contribution < 1.29 is 8.42 Å². The molecule has 1 aromatic rings. The average Bonchev–Trinajstić information content (AvgIpc) is 2.63. The maximum atomic E-state index is 11.6. The second-order valence-corrected chi connectivity index (χ2v) is 10.4. The highest BCUT2D eigenvalue weighted by atomic mass is 79.9. The molecule has 0 fully saturated rings. The number of benzene rings is 1. The van der Waals surface area contributed by atoms with Crippen LogP contribution in [0.3, 0.4) is 0 Å². The second-order valence-electron chi connectivity index (χ2n) is 7.61. The van der Waals surface area contributed by atoms with Gasteiger partial charge in [-0.2, -0.15) is 0 Å². The summed E-state index contributed by atoms with van der Waals surface area (Å²) in [5, 5.41) is 5.30. The van der Waals surface area contributed by atoms with Crippen LogP contribution in [0.2, 0.25) is 0 Å². The van der Waals surface area contributed by atoms with Crippen LogP contribution in [0.1, 0.15) is 96.0 Å². The summed E-state index contributed by atoms with van der Waals surface area (Å²) in [6.07, 6.45) is 17.7. The molecule has 3 nitrogen and oxygen atoms in total. The summed E-state index contributed by atoms with van der Waals surface area (Å²) in [5.41, 5.74) is 0.832. The number of alkyl halides is 1. The van der Waals surface area contributed by atoms with E-state index in [1.165, 1.54) is 70.6 Å². The molecule has 0 heterocycles. The third-order valence-corrected chi connectivity index (χ3v) is 7.04. The van der Waals surface area contributed by atoms with E-state index >= 15 is 0 Å². The maximum Gasteiger partial charge on any atom is 0.238 e. The lowest BCUT2D eigenvalue weighted by molar-refractivity contribution is 0.541. The van der Waals surface area contributed by atoms with E-state index in [4.69, 9.17) is 5.14 Å². The van der Waals surface area contributed by atoms with Gasteiger partial charge >= 0.3 is 0 Å². The van der Waals surface area contributed by atoms with Gasteiger partial charge in [0.2, 0.25) is 10.0 Å². The largest absolute Gasteiger partial charge is 0.238 e. The molecule has 5 heteroatoms. The molecule has 1 atom stereocenters. The Kier molecular flexibility index (Phi) is 13.3. The smallest absolute Gasteiger partial charge is 0.225 e. The first-order valence-corrected chi connectivity index (χ1v) is 13.2. The molecule has 0 radical (unpaired) electrons. The summed E-state index contributed by atoms with van der Waals surface area (Å²) in [6.45, 7) is 2.26. The zero-order valence-electron chi connectivity index (χ0n) is 17.0. The second kappa shape index (κ2) is 14.6. The zero-order valence-corrected chi connectivity index (χ0v) is 19.4. The van der Waals surface area contributed by atoms with Gasteiger partial charge in [-0.25, -0.2) is 13.6 Å². The normalized spacial score (nSPS) is 13.0. The molecule has 0 bridgehead atoms. The molecule has 2 N–H and O–H groups in total. The molecular weight excluding hydrogens is 422 g/mol. The molecule has 0 aliphatic heterocycles. The standard InChI is InChI=1S/C22H38BrNO2S/c1-2-3-4-5-6-7-8-9-10-11-17-21(23)18-14-16-20-15-12-13-19-22(20)27(24,25)26/h12-13,15,19,21H,2-11,14,16-18H2,1H3,(H2,24,25,26). The van der Waals surface area contributed by atoms with Gasteiger partial charge in [-0.05, 0) is 37.3 Å². The average molecular weight is 461 g/mol. The Hall–Kier alpha value is -0.390. The van der Waals surface area contributed by atoms with Crippen LogP contribution in [-0.2, 0) is 16.4 Å². The van der Waals surface area contributed by atoms with E-state index in [-0.39, 0.29) is 4.90 Å². The molecule has 1 rings (SSSR count). The molecule has 1 unspecified atom stereocenters. The van der Waals surface area contributed by atoms with Crippen molar-refractivity contribution in [3.05, 3.63) is 29.8 Å². The van der Waals surface area contributed by atoms with E-state index in [9.17, 15) is 8.42 Å². The number of nitrogens with two attached hydrogens (primary N) is 1. The predicted octanol–water partition coefficient (Wildman–Crippen LogP) is 6.73. The Labute approximate surface area is 175 Å². The predicted molar refractivity (Wildman–Crippen MR) is 120 cm³/mol. The highest BCUT2D eigenvalue weighted by Crippen LogP contribution is 2.21. The first-order valence-electron chi connectivity index (χ1n) is 10.7. The fourth-order valence-electron chi connectivity index (χ4n) is 3.50. The maximum absolute atomic E-state index is 11.6. The van der Waals surface area contributed by atoms with Gasteiger partial charge in [-0.3, -0.25) is 0 Å². The van der Waals surface area contributed by atoms with E-state index in [1.54, 1.807) is 12.1 Å². The number of rotatable bonds is 16. The summed E-state index contributed by atoms with van der Waals surface area (Å²) in [7, 11) is -3.63. The number of primary sulfonamides is 1. The topological polar surface area (TPSA) is 60.2 Å². The van der Waals surface area contributed by atoms with E-state index in [2.05, 4.69) is 22.9 Å². The van der Waals surface area contributed by atoms with E-state index < -0.39 is 10.0 Å².